The molecule has 3 N–H and O–H groups in total. The predicted octanol–water partition coefficient (Wildman–Crippen LogP) is 1.64. The van der Waals surface area contributed by atoms with Crippen molar-refractivity contribution in [3.8, 4) is 5.75 Å². The van der Waals surface area contributed by atoms with Gasteiger partial charge < -0.3 is 15.5 Å². The zero-order valence-electron chi connectivity index (χ0n) is 9.39. The topological polar surface area (TPSA) is 52.5 Å². The lowest BCUT2D eigenvalue weighted by Gasteiger charge is -2.17. The highest BCUT2D eigenvalue weighted by Crippen LogP contribution is 2.34. The van der Waals surface area contributed by atoms with Crippen LogP contribution in [0.2, 0.25) is 0 Å². The van der Waals surface area contributed by atoms with Crippen molar-refractivity contribution < 1.29 is 10.2 Å². The van der Waals surface area contributed by atoms with E-state index in [0.29, 0.717) is 18.3 Å². The van der Waals surface area contributed by atoms with Gasteiger partial charge in [-0.05, 0) is 31.2 Å². The number of benzene rings is 1. The average molecular weight is 221 g/mol. The number of hydrogen-bond acceptors (Lipinski definition) is 3. The van der Waals surface area contributed by atoms with Crippen LogP contribution >= 0.6 is 0 Å². The molecule has 0 bridgehead atoms. The van der Waals surface area contributed by atoms with Gasteiger partial charge in [0.25, 0.3) is 0 Å². The number of para-hydroxylation sites is 1. The first kappa shape index (κ1) is 11.4. The zero-order valence-corrected chi connectivity index (χ0v) is 9.39. The Morgan fingerprint density at radius 3 is 2.69 bits per heavy atom. The summed E-state index contributed by atoms with van der Waals surface area (Å²) in [6, 6.07) is 7.77. The normalized spacial score (nSPS) is 17.3. The first-order valence-corrected chi connectivity index (χ1v) is 5.92. The molecule has 2 rings (SSSR count). The van der Waals surface area contributed by atoms with E-state index in [1.807, 2.05) is 18.2 Å². The molecule has 1 aliphatic rings. The molecule has 88 valence electrons. The Hall–Kier alpha value is -1.06. The number of hydrogen-bond donors (Lipinski definition) is 3. The molecule has 0 aromatic heterocycles. The molecule has 1 aliphatic carbocycles. The van der Waals surface area contributed by atoms with Crippen LogP contribution in [0.15, 0.2) is 24.3 Å². The Labute approximate surface area is 96.1 Å². The van der Waals surface area contributed by atoms with E-state index >= 15 is 0 Å². The second-order valence-electron chi connectivity index (χ2n) is 4.47. The van der Waals surface area contributed by atoms with Gasteiger partial charge in [-0.25, -0.2) is 0 Å². The van der Waals surface area contributed by atoms with Gasteiger partial charge in [0.2, 0.25) is 0 Å². The van der Waals surface area contributed by atoms with Gasteiger partial charge in [0.05, 0.1) is 0 Å². The largest absolute Gasteiger partial charge is 0.508 e. The van der Waals surface area contributed by atoms with E-state index in [1.165, 1.54) is 12.8 Å². The number of phenolic OH excluding ortho intramolecular Hbond substituents is 1. The molecule has 3 heteroatoms. The molecule has 1 unspecified atom stereocenters. The summed E-state index contributed by atoms with van der Waals surface area (Å²) in [6.07, 6.45) is 3.33. The maximum atomic E-state index is 9.62. The summed E-state index contributed by atoms with van der Waals surface area (Å²) in [4.78, 5) is 0. The van der Waals surface area contributed by atoms with Crippen molar-refractivity contribution in [3.63, 3.8) is 0 Å². The van der Waals surface area contributed by atoms with Crippen LogP contribution in [0.5, 0.6) is 5.75 Å². The lowest BCUT2D eigenvalue weighted by molar-refractivity contribution is 0.255. The summed E-state index contributed by atoms with van der Waals surface area (Å²) in [5.41, 5.74) is 0.922. The number of rotatable bonds is 6. The number of aliphatic hydroxyl groups excluding tert-OH is 1. The van der Waals surface area contributed by atoms with Crippen LogP contribution in [-0.4, -0.2) is 22.9 Å². The van der Waals surface area contributed by atoms with Crippen molar-refractivity contribution in [1.29, 1.82) is 0 Å². The first-order valence-electron chi connectivity index (χ1n) is 5.92. The number of aliphatic hydroxyl groups is 1. The summed E-state index contributed by atoms with van der Waals surface area (Å²) in [5.74, 6) is 1.06. The monoisotopic (exact) mass is 221 g/mol. The van der Waals surface area contributed by atoms with Crippen LogP contribution in [0.1, 0.15) is 24.8 Å². The minimum Gasteiger partial charge on any atom is -0.508 e. The third-order valence-electron chi connectivity index (χ3n) is 3.18. The van der Waals surface area contributed by atoms with Gasteiger partial charge in [0, 0.05) is 24.8 Å². The van der Waals surface area contributed by atoms with Crippen LogP contribution in [-0.2, 0) is 6.54 Å². The fraction of sp³-hybridized carbons (Fsp3) is 0.538. The van der Waals surface area contributed by atoms with E-state index in [4.69, 9.17) is 5.11 Å². The summed E-state index contributed by atoms with van der Waals surface area (Å²) < 4.78 is 0. The van der Waals surface area contributed by atoms with Crippen molar-refractivity contribution >= 4 is 0 Å². The Morgan fingerprint density at radius 1 is 1.31 bits per heavy atom. The standard InChI is InChI=1S/C13H19NO2/c15-8-7-12(10-5-6-10)14-9-11-3-1-2-4-13(11)16/h1-4,10,12,14-16H,5-9H2. The smallest absolute Gasteiger partial charge is 0.120 e. The molecule has 0 aliphatic heterocycles. The Morgan fingerprint density at radius 2 is 2.06 bits per heavy atom. The molecule has 0 radical (unpaired) electrons. The van der Waals surface area contributed by atoms with Crippen molar-refractivity contribution in [2.75, 3.05) is 6.61 Å². The highest BCUT2D eigenvalue weighted by molar-refractivity contribution is 5.31. The van der Waals surface area contributed by atoms with Crippen LogP contribution in [0, 0.1) is 5.92 Å². The van der Waals surface area contributed by atoms with E-state index < -0.39 is 0 Å². The van der Waals surface area contributed by atoms with Gasteiger partial charge >= 0.3 is 0 Å². The second kappa shape index (κ2) is 5.32. The molecule has 0 saturated heterocycles. The van der Waals surface area contributed by atoms with E-state index in [9.17, 15) is 5.11 Å². The molecule has 16 heavy (non-hydrogen) atoms. The molecule has 1 atom stereocenters. The summed E-state index contributed by atoms with van der Waals surface area (Å²) in [6.45, 7) is 0.906. The van der Waals surface area contributed by atoms with E-state index in [1.54, 1.807) is 6.07 Å². The lowest BCUT2D eigenvalue weighted by atomic mass is 10.1. The fourth-order valence-corrected chi connectivity index (χ4v) is 2.04. The van der Waals surface area contributed by atoms with Gasteiger partial charge in [0.1, 0.15) is 5.75 Å². The SMILES string of the molecule is OCCC(NCc1ccccc1O)C1CC1. The minimum absolute atomic E-state index is 0.231. The summed E-state index contributed by atoms with van der Waals surface area (Å²) in [5, 5.41) is 22.0. The van der Waals surface area contributed by atoms with Crippen LogP contribution in [0.4, 0.5) is 0 Å². The maximum absolute atomic E-state index is 9.62. The van der Waals surface area contributed by atoms with Crippen LogP contribution < -0.4 is 5.32 Å². The Kier molecular flexibility index (Phi) is 3.80. The highest BCUT2D eigenvalue weighted by Gasteiger charge is 2.30. The number of nitrogens with one attached hydrogen (secondary N) is 1. The summed E-state index contributed by atoms with van der Waals surface area (Å²) >= 11 is 0. The molecule has 1 fully saturated rings. The number of phenols is 1. The van der Waals surface area contributed by atoms with Gasteiger partial charge in [-0.15, -0.1) is 0 Å². The van der Waals surface area contributed by atoms with E-state index in [0.717, 1.165) is 17.9 Å². The molecule has 1 aromatic rings. The van der Waals surface area contributed by atoms with Gasteiger partial charge in [0.15, 0.2) is 0 Å². The number of aromatic hydroxyl groups is 1. The third kappa shape index (κ3) is 2.97. The van der Waals surface area contributed by atoms with Gasteiger partial charge in [-0.1, -0.05) is 18.2 Å². The van der Waals surface area contributed by atoms with Crippen molar-refractivity contribution in [2.24, 2.45) is 5.92 Å². The third-order valence-corrected chi connectivity index (χ3v) is 3.18. The molecule has 1 saturated carbocycles. The minimum atomic E-state index is 0.231. The van der Waals surface area contributed by atoms with E-state index in [-0.39, 0.29) is 6.61 Å². The van der Waals surface area contributed by atoms with Gasteiger partial charge in [-0.3, -0.25) is 0 Å². The highest BCUT2D eigenvalue weighted by atomic mass is 16.3. The second-order valence-corrected chi connectivity index (χ2v) is 4.47. The fourth-order valence-electron chi connectivity index (χ4n) is 2.04. The first-order chi connectivity index (χ1) is 7.81. The maximum Gasteiger partial charge on any atom is 0.120 e. The predicted molar refractivity (Wildman–Crippen MR) is 63.2 cm³/mol. The Bertz CT molecular complexity index is 336. The molecule has 1 aromatic carbocycles. The molecule has 0 heterocycles. The van der Waals surface area contributed by atoms with Gasteiger partial charge in [-0.2, -0.15) is 0 Å². The van der Waals surface area contributed by atoms with E-state index in [2.05, 4.69) is 5.32 Å². The molecule has 0 spiro atoms. The molecule has 3 nitrogen and oxygen atoms in total. The zero-order chi connectivity index (χ0) is 11.4. The molecular formula is C13H19NO2. The molecular weight excluding hydrogens is 202 g/mol. The lowest BCUT2D eigenvalue weighted by Crippen LogP contribution is -2.31. The van der Waals surface area contributed by atoms with Crippen molar-refractivity contribution in [1.82, 2.24) is 5.32 Å². The quantitative estimate of drug-likeness (QED) is 0.684. The Balaban J connectivity index is 1.87. The molecule has 0 amide bonds. The summed E-state index contributed by atoms with van der Waals surface area (Å²) in [7, 11) is 0. The van der Waals surface area contributed by atoms with Crippen LogP contribution in [0.25, 0.3) is 0 Å². The average Bonchev–Trinajstić information content (AvgIpc) is 3.10. The van der Waals surface area contributed by atoms with Crippen molar-refractivity contribution in [2.45, 2.75) is 31.8 Å². The van der Waals surface area contributed by atoms with Crippen LogP contribution in [0.3, 0.4) is 0 Å². The van der Waals surface area contributed by atoms with Crippen molar-refractivity contribution in [3.05, 3.63) is 29.8 Å².